The summed E-state index contributed by atoms with van der Waals surface area (Å²) in [6, 6.07) is 1.95. The van der Waals surface area contributed by atoms with Crippen LogP contribution in [0.1, 0.15) is 19.4 Å². The van der Waals surface area contributed by atoms with Gasteiger partial charge in [-0.25, -0.2) is 9.69 Å². The van der Waals surface area contributed by atoms with Crippen molar-refractivity contribution in [3.05, 3.63) is 27.7 Å². The summed E-state index contributed by atoms with van der Waals surface area (Å²) < 4.78 is 0. The predicted octanol–water partition coefficient (Wildman–Crippen LogP) is 2.44. The molecule has 1 aliphatic heterocycles. The van der Waals surface area contributed by atoms with E-state index in [2.05, 4.69) is 5.32 Å². The molecule has 1 saturated heterocycles. The maximum absolute atomic E-state index is 12.2. The third-order valence-electron chi connectivity index (χ3n) is 3.45. The van der Waals surface area contributed by atoms with Crippen molar-refractivity contribution in [3.63, 3.8) is 0 Å². The molecule has 1 aromatic rings. The Morgan fingerprint density at radius 3 is 2.33 bits per heavy atom. The Balaban J connectivity index is 2.17. The quantitative estimate of drug-likeness (QED) is 0.650. The highest BCUT2D eigenvalue weighted by Gasteiger charge is 2.46. The average molecular weight is 372 g/mol. The Kier molecular flexibility index (Phi) is 5.15. The molecule has 2 rings (SSSR count). The van der Waals surface area contributed by atoms with Crippen LogP contribution in [0.25, 0.3) is 0 Å². The third kappa shape index (κ3) is 3.22. The van der Waals surface area contributed by atoms with Crippen LogP contribution in [-0.4, -0.2) is 46.1 Å². The number of imide groups is 2. The van der Waals surface area contributed by atoms with Gasteiger partial charge < -0.3 is 5.32 Å². The summed E-state index contributed by atoms with van der Waals surface area (Å²) >= 11 is 12.1. The number of urea groups is 1. The lowest BCUT2D eigenvalue weighted by atomic mass is 10.2. The van der Waals surface area contributed by atoms with Crippen LogP contribution in [0, 0.1) is 6.92 Å². The lowest BCUT2D eigenvalue weighted by molar-refractivity contribution is -0.144. The minimum absolute atomic E-state index is 0.189. The van der Waals surface area contributed by atoms with Gasteiger partial charge >= 0.3 is 17.8 Å². The van der Waals surface area contributed by atoms with Crippen LogP contribution in [0.2, 0.25) is 10.0 Å². The fourth-order valence-electron chi connectivity index (χ4n) is 2.21. The Morgan fingerprint density at radius 2 is 1.79 bits per heavy atom. The van der Waals surface area contributed by atoms with Crippen molar-refractivity contribution in [3.8, 4) is 0 Å². The number of hydrogen-bond acceptors (Lipinski definition) is 4. The number of amides is 5. The molecule has 0 aliphatic carbocycles. The molecule has 1 N–H and O–H groups in total. The molecule has 0 saturated carbocycles. The molecular formula is C15H15Cl2N3O4. The van der Waals surface area contributed by atoms with Crippen molar-refractivity contribution in [1.82, 2.24) is 9.80 Å². The molecule has 1 heterocycles. The molecule has 0 atom stereocenters. The van der Waals surface area contributed by atoms with Gasteiger partial charge in [-0.05, 0) is 32.4 Å². The van der Waals surface area contributed by atoms with Crippen molar-refractivity contribution in [1.29, 1.82) is 0 Å². The van der Waals surface area contributed by atoms with Gasteiger partial charge in [-0.15, -0.1) is 0 Å². The number of halogens is 2. The number of aryl methyl sites for hydroxylation is 1. The third-order valence-corrected chi connectivity index (χ3v) is 4.25. The number of anilines is 1. The Bertz CT molecular complexity index is 748. The van der Waals surface area contributed by atoms with Gasteiger partial charge in [0, 0.05) is 6.04 Å². The van der Waals surface area contributed by atoms with Crippen LogP contribution in [0.15, 0.2) is 12.1 Å². The molecule has 128 valence electrons. The topological polar surface area (TPSA) is 86.8 Å². The standard InChI is InChI=1S/C15H15Cl2N3O4/c1-7(2)20-14(23)13(22)19(15(20)24)6-10(21)18-12-9(16)5-4-8(3)11(12)17/h4-5,7H,6H2,1-3H3,(H,18,21). The van der Waals surface area contributed by atoms with Crippen LogP contribution >= 0.6 is 23.2 Å². The fourth-order valence-corrected chi connectivity index (χ4v) is 2.68. The van der Waals surface area contributed by atoms with E-state index in [1.807, 2.05) is 0 Å². The van der Waals surface area contributed by atoms with Crippen molar-refractivity contribution in [2.24, 2.45) is 0 Å². The first-order valence-electron chi connectivity index (χ1n) is 7.08. The van der Waals surface area contributed by atoms with Crippen LogP contribution in [0.4, 0.5) is 10.5 Å². The molecule has 0 aromatic heterocycles. The van der Waals surface area contributed by atoms with E-state index in [1.165, 1.54) is 0 Å². The average Bonchev–Trinajstić information content (AvgIpc) is 2.71. The van der Waals surface area contributed by atoms with Crippen LogP contribution < -0.4 is 5.32 Å². The number of rotatable bonds is 4. The van der Waals surface area contributed by atoms with Crippen LogP contribution in [0.3, 0.4) is 0 Å². The van der Waals surface area contributed by atoms with Gasteiger partial charge in [-0.3, -0.25) is 19.3 Å². The minimum atomic E-state index is -1.04. The molecule has 5 amide bonds. The normalized spacial score (nSPS) is 14.8. The highest BCUT2D eigenvalue weighted by molar-refractivity contribution is 6.45. The van der Waals surface area contributed by atoms with Gasteiger partial charge in [-0.1, -0.05) is 29.3 Å². The smallest absolute Gasteiger partial charge is 0.322 e. The van der Waals surface area contributed by atoms with Crippen molar-refractivity contribution in [2.45, 2.75) is 26.8 Å². The zero-order valence-corrected chi connectivity index (χ0v) is 14.7. The van der Waals surface area contributed by atoms with E-state index in [9.17, 15) is 19.2 Å². The summed E-state index contributed by atoms with van der Waals surface area (Å²) in [5.74, 6) is -2.68. The van der Waals surface area contributed by atoms with Crippen molar-refractivity contribution >= 4 is 52.6 Å². The first-order chi connectivity index (χ1) is 11.1. The maximum Gasteiger partial charge on any atom is 0.334 e. The number of carbonyl (C=O) groups is 4. The second-order valence-electron chi connectivity index (χ2n) is 5.54. The zero-order chi connectivity index (χ0) is 18.2. The molecule has 7 nitrogen and oxygen atoms in total. The molecule has 1 fully saturated rings. The van der Waals surface area contributed by atoms with Gasteiger partial charge in [-0.2, -0.15) is 0 Å². The lowest BCUT2D eigenvalue weighted by Crippen LogP contribution is -2.40. The summed E-state index contributed by atoms with van der Waals surface area (Å²) in [5.41, 5.74) is 0.889. The van der Waals surface area contributed by atoms with Gasteiger partial charge in [0.2, 0.25) is 5.91 Å². The number of carbonyl (C=O) groups excluding carboxylic acids is 4. The van der Waals surface area contributed by atoms with Gasteiger partial charge in [0.25, 0.3) is 0 Å². The summed E-state index contributed by atoms with van der Waals surface area (Å²) in [6.07, 6.45) is 0. The number of nitrogens with zero attached hydrogens (tertiary/aromatic N) is 2. The number of hydrogen-bond donors (Lipinski definition) is 1. The molecule has 0 radical (unpaired) electrons. The largest absolute Gasteiger partial charge is 0.334 e. The van der Waals surface area contributed by atoms with Crippen LogP contribution in [0.5, 0.6) is 0 Å². The number of nitrogens with one attached hydrogen (secondary N) is 1. The monoisotopic (exact) mass is 371 g/mol. The van der Waals surface area contributed by atoms with E-state index in [0.717, 1.165) is 4.90 Å². The van der Waals surface area contributed by atoms with Crippen molar-refractivity contribution < 1.29 is 19.2 Å². The first kappa shape index (κ1) is 18.2. The number of benzene rings is 1. The Hall–Kier alpha value is -2.12. The molecular weight excluding hydrogens is 357 g/mol. The predicted molar refractivity (Wildman–Crippen MR) is 88.9 cm³/mol. The molecule has 0 unspecified atom stereocenters. The zero-order valence-electron chi connectivity index (χ0n) is 13.2. The van der Waals surface area contributed by atoms with Gasteiger partial charge in [0.15, 0.2) is 0 Å². The van der Waals surface area contributed by atoms with E-state index in [4.69, 9.17) is 23.2 Å². The second kappa shape index (κ2) is 6.78. The highest BCUT2D eigenvalue weighted by Crippen LogP contribution is 2.32. The Morgan fingerprint density at radius 1 is 1.17 bits per heavy atom. The molecule has 0 bridgehead atoms. The fraction of sp³-hybridized carbons (Fsp3) is 0.333. The van der Waals surface area contributed by atoms with E-state index in [1.54, 1.807) is 32.9 Å². The van der Waals surface area contributed by atoms with Gasteiger partial charge in [0.1, 0.15) is 6.54 Å². The molecule has 1 aromatic carbocycles. The summed E-state index contributed by atoms with van der Waals surface area (Å²) in [5, 5.41) is 2.95. The maximum atomic E-state index is 12.2. The van der Waals surface area contributed by atoms with E-state index in [-0.39, 0.29) is 15.7 Å². The summed E-state index contributed by atoms with van der Waals surface area (Å²) in [6.45, 7) is 4.33. The lowest BCUT2D eigenvalue weighted by Gasteiger charge is -2.18. The minimum Gasteiger partial charge on any atom is -0.322 e. The van der Waals surface area contributed by atoms with Crippen LogP contribution in [-0.2, 0) is 14.4 Å². The molecule has 1 aliphatic rings. The summed E-state index contributed by atoms with van der Waals surface area (Å²) in [7, 11) is 0. The second-order valence-corrected chi connectivity index (χ2v) is 6.33. The SMILES string of the molecule is Cc1ccc(Cl)c(NC(=O)CN2C(=O)C(=O)N(C(C)C)C2=O)c1Cl. The molecule has 9 heteroatoms. The van der Waals surface area contributed by atoms with E-state index < -0.39 is 36.3 Å². The molecule has 24 heavy (non-hydrogen) atoms. The summed E-state index contributed by atoms with van der Waals surface area (Å²) in [4.78, 5) is 49.4. The van der Waals surface area contributed by atoms with Crippen molar-refractivity contribution in [2.75, 3.05) is 11.9 Å². The Labute approximate surface area is 148 Å². The van der Waals surface area contributed by atoms with E-state index >= 15 is 0 Å². The first-order valence-corrected chi connectivity index (χ1v) is 7.84. The molecule has 0 spiro atoms. The van der Waals surface area contributed by atoms with Gasteiger partial charge in [0.05, 0.1) is 15.7 Å². The van der Waals surface area contributed by atoms with E-state index in [0.29, 0.717) is 10.5 Å². The highest BCUT2D eigenvalue weighted by atomic mass is 35.5.